The number of aryl methyl sites for hydroxylation is 2. The summed E-state index contributed by atoms with van der Waals surface area (Å²) in [5.74, 6) is 0.0937. The van der Waals surface area contributed by atoms with Crippen molar-refractivity contribution in [3.63, 3.8) is 0 Å². The van der Waals surface area contributed by atoms with Gasteiger partial charge in [-0.15, -0.1) is 0 Å². The van der Waals surface area contributed by atoms with Crippen LogP contribution in [0.1, 0.15) is 28.4 Å². The number of carbonyl (C=O) groups excluding carboxylic acids is 1. The van der Waals surface area contributed by atoms with Crippen molar-refractivity contribution < 1.29 is 9.90 Å². The molecule has 0 spiro atoms. The van der Waals surface area contributed by atoms with Gasteiger partial charge in [0.1, 0.15) is 5.75 Å². The molecule has 0 fully saturated rings. The largest absolute Gasteiger partial charge is 0.506 e. The van der Waals surface area contributed by atoms with Crippen molar-refractivity contribution in [1.29, 1.82) is 0 Å². The van der Waals surface area contributed by atoms with E-state index < -0.39 is 0 Å². The topological polar surface area (TPSA) is 49.3 Å². The van der Waals surface area contributed by atoms with E-state index in [4.69, 9.17) is 0 Å². The minimum Gasteiger partial charge on any atom is -0.506 e. The summed E-state index contributed by atoms with van der Waals surface area (Å²) >= 11 is 0. The minimum atomic E-state index is -0.0724. The van der Waals surface area contributed by atoms with Gasteiger partial charge in [-0.05, 0) is 36.6 Å². The summed E-state index contributed by atoms with van der Waals surface area (Å²) in [5, 5.41) is 12.7. The molecule has 3 heteroatoms. The van der Waals surface area contributed by atoms with Crippen molar-refractivity contribution in [3.05, 3.63) is 71.4 Å². The first-order chi connectivity index (χ1) is 10.1. The van der Waals surface area contributed by atoms with Gasteiger partial charge in [0.25, 0.3) is 0 Å². The normalized spacial score (nSPS) is 10.8. The number of ketones is 1. The van der Waals surface area contributed by atoms with Crippen molar-refractivity contribution in [2.75, 3.05) is 5.32 Å². The first-order valence-electron chi connectivity index (χ1n) is 6.96. The van der Waals surface area contributed by atoms with Gasteiger partial charge in [-0.2, -0.15) is 0 Å². The van der Waals surface area contributed by atoms with Crippen molar-refractivity contribution >= 4 is 11.5 Å². The molecule has 3 nitrogen and oxygen atoms in total. The van der Waals surface area contributed by atoms with Crippen LogP contribution in [0.15, 0.2) is 54.7 Å². The van der Waals surface area contributed by atoms with Gasteiger partial charge in [-0.3, -0.25) is 4.79 Å². The van der Waals surface area contributed by atoms with E-state index in [2.05, 4.69) is 12.2 Å². The summed E-state index contributed by atoms with van der Waals surface area (Å²) in [7, 11) is 0. The monoisotopic (exact) mass is 281 g/mol. The van der Waals surface area contributed by atoms with E-state index in [1.807, 2.05) is 37.3 Å². The first-order valence-corrected chi connectivity index (χ1v) is 6.96. The average molecular weight is 281 g/mol. The summed E-state index contributed by atoms with van der Waals surface area (Å²) in [6, 6.07) is 12.9. The molecule has 0 aliphatic heterocycles. The lowest BCUT2D eigenvalue weighted by molar-refractivity contribution is 0.104. The van der Waals surface area contributed by atoms with Crippen LogP contribution in [-0.2, 0) is 6.42 Å². The van der Waals surface area contributed by atoms with E-state index in [0.29, 0.717) is 11.3 Å². The Balaban J connectivity index is 2.01. The number of allylic oxidation sites excluding steroid dienone is 1. The van der Waals surface area contributed by atoms with Gasteiger partial charge in [0.15, 0.2) is 5.78 Å². The highest BCUT2D eigenvalue weighted by atomic mass is 16.3. The number of aromatic hydroxyl groups is 1. The lowest BCUT2D eigenvalue weighted by atomic mass is 10.1. The number of nitrogens with one attached hydrogen (secondary N) is 1. The summed E-state index contributed by atoms with van der Waals surface area (Å²) in [4.78, 5) is 12.0. The molecule has 0 atom stereocenters. The fourth-order valence-corrected chi connectivity index (χ4v) is 1.97. The number of phenols is 1. The van der Waals surface area contributed by atoms with E-state index in [1.165, 1.54) is 11.6 Å². The second kappa shape index (κ2) is 6.75. The van der Waals surface area contributed by atoms with Crippen LogP contribution in [0, 0.1) is 6.92 Å². The second-order valence-corrected chi connectivity index (χ2v) is 4.91. The summed E-state index contributed by atoms with van der Waals surface area (Å²) < 4.78 is 0. The van der Waals surface area contributed by atoms with Crippen LogP contribution in [0.2, 0.25) is 0 Å². The molecular weight excluding hydrogens is 262 g/mol. The molecule has 108 valence electrons. The van der Waals surface area contributed by atoms with E-state index >= 15 is 0 Å². The molecular formula is C18H19NO2. The van der Waals surface area contributed by atoms with Crippen LogP contribution in [0.3, 0.4) is 0 Å². The second-order valence-electron chi connectivity index (χ2n) is 4.91. The summed E-state index contributed by atoms with van der Waals surface area (Å²) in [5.41, 5.74) is 3.41. The van der Waals surface area contributed by atoms with Gasteiger partial charge < -0.3 is 10.4 Å². The van der Waals surface area contributed by atoms with Crippen molar-refractivity contribution in [2.24, 2.45) is 0 Å². The zero-order valence-corrected chi connectivity index (χ0v) is 12.3. The molecule has 0 aliphatic rings. The third kappa shape index (κ3) is 3.96. The molecule has 2 aromatic carbocycles. The van der Waals surface area contributed by atoms with E-state index in [9.17, 15) is 9.90 Å². The Labute approximate surface area is 124 Å². The third-order valence-electron chi connectivity index (χ3n) is 3.27. The SMILES string of the molecule is CCc1ccc(C(=O)C=CNc2ccc(C)cc2O)cc1. The van der Waals surface area contributed by atoms with E-state index in [-0.39, 0.29) is 11.5 Å². The average Bonchev–Trinajstić information content (AvgIpc) is 2.49. The van der Waals surface area contributed by atoms with Gasteiger partial charge in [0, 0.05) is 17.8 Å². The molecule has 0 heterocycles. The predicted octanol–water partition coefficient (Wildman–Crippen LogP) is 4.07. The quantitative estimate of drug-likeness (QED) is 0.493. The maximum Gasteiger partial charge on any atom is 0.187 e. The molecule has 2 aromatic rings. The molecule has 0 radical (unpaired) electrons. The Morgan fingerprint density at radius 1 is 1.19 bits per heavy atom. The predicted molar refractivity (Wildman–Crippen MR) is 85.8 cm³/mol. The van der Waals surface area contributed by atoms with Crippen LogP contribution in [-0.4, -0.2) is 10.9 Å². The number of benzene rings is 2. The molecule has 0 aliphatic carbocycles. The van der Waals surface area contributed by atoms with Crippen LogP contribution in [0.25, 0.3) is 0 Å². The van der Waals surface area contributed by atoms with Crippen LogP contribution in [0.5, 0.6) is 5.75 Å². The Bertz CT molecular complexity index is 657. The maximum atomic E-state index is 12.0. The van der Waals surface area contributed by atoms with Gasteiger partial charge in [-0.1, -0.05) is 37.3 Å². The van der Waals surface area contributed by atoms with Gasteiger partial charge in [0.05, 0.1) is 5.69 Å². The fraction of sp³-hybridized carbons (Fsp3) is 0.167. The summed E-state index contributed by atoms with van der Waals surface area (Å²) in [6.45, 7) is 3.98. The zero-order valence-electron chi connectivity index (χ0n) is 12.3. The van der Waals surface area contributed by atoms with Crippen molar-refractivity contribution in [2.45, 2.75) is 20.3 Å². The zero-order chi connectivity index (χ0) is 15.2. The number of anilines is 1. The fourth-order valence-electron chi connectivity index (χ4n) is 1.97. The number of rotatable bonds is 5. The number of hydrogen-bond acceptors (Lipinski definition) is 3. The number of phenolic OH excluding ortho intramolecular Hbond substituents is 1. The standard InChI is InChI=1S/C18H19NO2/c1-3-14-5-7-15(8-6-14)17(20)10-11-19-16-9-4-13(2)12-18(16)21/h4-12,19,21H,3H2,1-2H3. The maximum absolute atomic E-state index is 12.0. The highest BCUT2D eigenvalue weighted by Crippen LogP contribution is 2.23. The first kappa shape index (κ1) is 14.9. The molecule has 0 bridgehead atoms. The lowest BCUT2D eigenvalue weighted by Crippen LogP contribution is -1.97. The number of carbonyl (C=O) groups is 1. The van der Waals surface area contributed by atoms with Gasteiger partial charge in [-0.25, -0.2) is 0 Å². The molecule has 0 unspecified atom stereocenters. The highest BCUT2D eigenvalue weighted by Gasteiger charge is 2.02. The molecule has 0 saturated heterocycles. The molecule has 0 aromatic heterocycles. The molecule has 2 rings (SSSR count). The van der Waals surface area contributed by atoms with Crippen LogP contribution >= 0.6 is 0 Å². The van der Waals surface area contributed by atoms with E-state index in [0.717, 1.165) is 12.0 Å². The number of hydrogen-bond donors (Lipinski definition) is 2. The Kier molecular flexibility index (Phi) is 4.77. The molecule has 2 N–H and O–H groups in total. The Morgan fingerprint density at radius 3 is 2.52 bits per heavy atom. The minimum absolute atomic E-state index is 0.0724. The lowest BCUT2D eigenvalue weighted by Gasteiger charge is -2.04. The molecule has 0 saturated carbocycles. The van der Waals surface area contributed by atoms with Gasteiger partial charge >= 0.3 is 0 Å². The van der Waals surface area contributed by atoms with Crippen LogP contribution in [0.4, 0.5) is 5.69 Å². The molecule has 21 heavy (non-hydrogen) atoms. The third-order valence-corrected chi connectivity index (χ3v) is 3.27. The van der Waals surface area contributed by atoms with E-state index in [1.54, 1.807) is 18.3 Å². The Hall–Kier alpha value is -2.55. The summed E-state index contributed by atoms with van der Waals surface area (Å²) in [6.07, 6.45) is 3.96. The van der Waals surface area contributed by atoms with Gasteiger partial charge in [0.2, 0.25) is 0 Å². The Morgan fingerprint density at radius 2 is 1.90 bits per heavy atom. The smallest absolute Gasteiger partial charge is 0.187 e. The highest BCUT2D eigenvalue weighted by molar-refractivity contribution is 6.04. The van der Waals surface area contributed by atoms with Crippen molar-refractivity contribution in [1.82, 2.24) is 0 Å². The molecule has 0 amide bonds. The van der Waals surface area contributed by atoms with Crippen LogP contribution < -0.4 is 5.32 Å². The van der Waals surface area contributed by atoms with Crippen molar-refractivity contribution in [3.8, 4) is 5.75 Å².